The molecule has 0 amide bonds. The first kappa shape index (κ1) is 10.9. The topological polar surface area (TPSA) is 49.2 Å². The van der Waals surface area contributed by atoms with E-state index in [1.165, 1.54) is 0 Å². The van der Waals surface area contributed by atoms with Gasteiger partial charge in [-0.05, 0) is 26.8 Å². The van der Waals surface area contributed by atoms with E-state index in [4.69, 9.17) is 0 Å². The number of aryl methyl sites for hydroxylation is 1. The molecule has 4 nitrogen and oxygen atoms in total. The van der Waals surface area contributed by atoms with Crippen LogP contribution in [0.5, 0.6) is 0 Å². The Morgan fingerprint density at radius 2 is 2.14 bits per heavy atom. The van der Waals surface area contributed by atoms with Gasteiger partial charge in [0.2, 0.25) is 0 Å². The lowest BCUT2D eigenvalue weighted by Gasteiger charge is -2.26. The Bertz CT molecular complexity index is 306. The van der Waals surface area contributed by atoms with Gasteiger partial charge in [-0.1, -0.05) is 0 Å². The number of aromatic nitrogens is 2. The van der Waals surface area contributed by atoms with E-state index >= 15 is 0 Å². The smallest absolute Gasteiger partial charge is 0.132 e. The fraction of sp³-hybridized carbons (Fsp3) is 0.600. The van der Waals surface area contributed by atoms with Gasteiger partial charge >= 0.3 is 0 Å². The lowest BCUT2D eigenvalue weighted by Crippen LogP contribution is -2.36. The average molecular weight is 195 g/mol. The summed E-state index contributed by atoms with van der Waals surface area (Å²) in [5, 5.41) is 9.63. The summed E-state index contributed by atoms with van der Waals surface area (Å²) in [6.45, 7) is 5.94. The van der Waals surface area contributed by atoms with Crippen LogP contribution in [0.25, 0.3) is 0 Å². The molecule has 0 unspecified atom stereocenters. The van der Waals surface area contributed by atoms with Crippen LogP contribution < -0.4 is 4.90 Å². The van der Waals surface area contributed by atoms with Gasteiger partial charge in [-0.3, -0.25) is 0 Å². The third-order valence-electron chi connectivity index (χ3n) is 1.78. The van der Waals surface area contributed by atoms with Crippen LogP contribution in [0.15, 0.2) is 12.3 Å². The molecule has 4 heteroatoms. The van der Waals surface area contributed by atoms with Crippen LogP contribution in [0.4, 0.5) is 5.82 Å². The summed E-state index contributed by atoms with van der Waals surface area (Å²) in [6.07, 6.45) is 1.72. The molecule has 0 radical (unpaired) electrons. The van der Waals surface area contributed by atoms with E-state index < -0.39 is 5.60 Å². The van der Waals surface area contributed by atoms with Crippen molar-refractivity contribution in [1.29, 1.82) is 0 Å². The van der Waals surface area contributed by atoms with Crippen molar-refractivity contribution in [1.82, 2.24) is 9.97 Å². The maximum Gasteiger partial charge on any atom is 0.132 e. The minimum Gasteiger partial charge on any atom is -0.389 e. The van der Waals surface area contributed by atoms with Crippen molar-refractivity contribution in [2.24, 2.45) is 0 Å². The van der Waals surface area contributed by atoms with E-state index in [1.54, 1.807) is 20.0 Å². The third kappa shape index (κ3) is 3.30. The lowest BCUT2D eigenvalue weighted by atomic mass is 10.1. The molecule has 1 N–H and O–H groups in total. The minimum absolute atomic E-state index is 0.545. The number of hydrogen-bond donors (Lipinski definition) is 1. The number of likely N-dealkylation sites (N-methyl/N-ethyl adjacent to an activating group) is 1. The van der Waals surface area contributed by atoms with Crippen LogP contribution >= 0.6 is 0 Å². The molecule has 1 aromatic rings. The zero-order valence-electron chi connectivity index (χ0n) is 9.15. The molecule has 1 rings (SSSR count). The van der Waals surface area contributed by atoms with Crippen molar-refractivity contribution in [3.63, 3.8) is 0 Å². The first-order valence-corrected chi connectivity index (χ1v) is 4.62. The third-order valence-corrected chi connectivity index (χ3v) is 1.78. The molecule has 0 aliphatic heterocycles. The maximum absolute atomic E-state index is 9.63. The molecule has 1 heterocycles. The normalized spacial score (nSPS) is 11.5. The van der Waals surface area contributed by atoms with Crippen LogP contribution in [-0.4, -0.2) is 34.3 Å². The predicted octanol–water partition coefficient (Wildman–Crippen LogP) is 0.992. The van der Waals surface area contributed by atoms with E-state index in [0.29, 0.717) is 6.54 Å². The number of nitrogens with zero attached hydrogens (tertiary/aromatic N) is 3. The van der Waals surface area contributed by atoms with Gasteiger partial charge in [-0.25, -0.2) is 9.97 Å². The quantitative estimate of drug-likeness (QED) is 0.781. The van der Waals surface area contributed by atoms with Crippen LogP contribution in [0.1, 0.15) is 19.7 Å². The SMILES string of the molecule is Cc1nccc(N(C)CC(C)(C)O)n1. The molecule has 0 saturated heterocycles. The summed E-state index contributed by atoms with van der Waals surface area (Å²) < 4.78 is 0. The highest BCUT2D eigenvalue weighted by atomic mass is 16.3. The van der Waals surface area contributed by atoms with E-state index in [-0.39, 0.29) is 0 Å². The maximum atomic E-state index is 9.63. The van der Waals surface area contributed by atoms with E-state index in [2.05, 4.69) is 9.97 Å². The van der Waals surface area contributed by atoms with E-state index in [1.807, 2.05) is 24.9 Å². The standard InChI is InChI=1S/C10H17N3O/c1-8-11-6-5-9(12-8)13(4)7-10(2,3)14/h5-6,14H,7H2,1-4H3. The summed E-state index contributed by atoms with van der Waals surface area (Å²) in [6, 6.07) is 1.83. The highest BCUT2D eigenvalue weighted by Crippen LogP contribution is 2.11. The van der Waals surface area contributed by atoms with Crippen molar-refractivity contribution in [2.75, 3.05) is 18.5 Å². The summed E-state index contributed by atoms with van der Waals surface area (Å²) in [5.41, 5.74) is -0.715. The van der Waals surface area contributed by atoms with Crippen molar-refractivity contribution < 1.29 is 5.11 Å². The summed E-state index contributed by atoms with van der Waals surface area (Å²) >= 11 is 0. The van der Waals surface area contributed by atoms with Gasteiger partial charge in [0.1, 0.15) is 11.6 Å². The molecule has 1 aromatic heterocycles. The molecule has 14 heavy (non-hydrogen) atoms. The van der Waals surface area contributed by atoms with Crippen molar-refractivity contribution in [2.45, 2.75) is 26.4 Å². The predicted molar refractivity (Wildman–Crippen MR) is 56.3 cm³/mol. The Balaban J connectivity index is 2.74. The Labute approximate surface area is 84.6 Å². The van der Waals surface area contributed by atoms with Crippen LogP contribution in [0.3, 0.4) is 0 Å². The van der Waals surface area contributed by atoms with Gasteiger partial charge in [0.15, 0.2) is 0 Å². The molecule has 0 spiro atoms. The molecule has 0 fully saturated rings. The van der Waals surface area contributed by atoms with Crippen LogP contribution in [0.2, 0.25) is 0 Å². The van der Waals surface area contributed by atoms with E-state index in [9.17, 15) is 5.11 Å². The second kappa shape index (κ2) is 3.92. The Kier molecular flexibility index (Phi) is 3.06. The first-order valence-electron chi connectivity index (χ1n) is 4.62. The molecule has 0 bridgehead atoms. The number of hydrogen-bond acceptors (Lipinski definition) is 4. The minimum atomic E-state index is -0.715. The number of aliphatic hydroxyl groups is 1. The zero-order valence-corrected chi connectivity index (χ0v) is 9.15. The van der Waals surface area contributed by atoms with Crippen molar-refractivity contribution >= 4 is 5.82 Å². The molecule has 0 aliphatic rings. The fourth-order valence-electron chi connectivity index (χ4n) is 1.32. The Hall–Kier alpha value is -1.16. The first-order chi connectivity index (χ1) is 6.38. The monoisotopic (exact) mass is 195 g/mol. The molecule has 0 atom stereocenters. The Morgan fingerprint density at radius 1 is 1.50 bits per heavy atom. The van der Waals surface area contributed by atoms with Crippen molar-refractivity contribution in [3.05, 3.63) is 18.1 Å². The van der Waals surface area contributed by atoms with Crippen LogP contribution in [-0.2, 0) is 0 Å². The fourth-order valence-corrected chi connectivity index (χ4v) is 1.32. The molecular weight excluding hydrogens is 178 g/mol. The second-order valence-electron chi connectivity index (χ2n) is 4.13. The Morgan fingerprint density at radius 3 is 2.64 bits per heavy atom. The molecule has 0 aliphatic carbocycles. The van der Waals surface area contributed by atoms with Gasteiger partial charge in [-0.2, -0.15) is 0 Å². The number of rotatable bonds is 3. The largest absolute Gasteiger partial charge is 0.389 e. The van der Waals surface area contributed by atoms with Gasteiger partial charge in [0, 0.05) is 19.8 Å². The highest BCUT2D eigenvalue weighted by Gasteiger charge is 2.16. The highest BCUT2D eigenvalue weighted by molar-refractivity contribution is 5.36. The molecule has 0 aromatic carbocycles. The van der Waals surface area contributed by atoms with E-state index in [0.717, 1.165) is 11.6 Å². The second-order valence-corrected chi connectivity index (χ2v) is 4.13. The summed E-state index contributed by atoms with van der Waals surface area (Å²) in [4.78, 5) is 10.2. The van der Waals surface area contributed by atoms with Gasteiger partial charge < -0.3 is 10.0 Å². The molecular formula is C10H17N3O. The molecule has 78 valence electrons. The van der Waals surface area contributed by atoms with Crippen molar-refractivity contribution in [3.8, 4) is 0 Å². The lowest BCUT2D eigenvalue weighted by molar-refractivity contribution is 0.0884. The summed E-state index contributed by atoms with van der Waals surface area (Å²) in [7, 11) is 1.90. The van der Waals surface area contributed by atoms with Gasteiger partial charge in [-0.15, -0.1) is 0 Å². The average Bonchev–Trinajstić information content (AvgIpc) is 2.01. The zero-order chi connectivity index (χ0) is 10.8. The number of anilines is 1. The summed E-state index contributed by atoms with van der Waals surface area (Å²) in [5.74, 6) is 1.57. The van der Waals surface area contributed by atoms with Gasteiger partial charge in [0.05, 0.1) is 5.60 Å². The molecule has 0 saturated carbocycles. The van der Waals surface area contributed by atoms with Gasteiger partial charge in [0.25, 0.3) is 0 Å². The van der Waals surface area contributed by atoms with Crippen LogP contribution in [0, 0.1) is 6.92 Å².